The lowest BCUT2D eigenvalue weighted by molar-refractivity contribution is -0.119. The molecule has 0 bridgehead atoms. The fourth-order valence-electron chi connectivity index (χ4n) is 2.12. The Labute approximate surface area is 156 Å². The van der Waals surface area contributed by atoms with Crippen molar-refractivity contribution in [3.8, 4) is 5.75 Å². The second kappa shape index (κ2) is 10.6. The van der Waals surface area contributed by atoms with Crippen molar-refractivity contribution in [1.82, 2.24) is 4.31 Å². The van der Waals surface area contributed by atoms with E-state index in [1.54, 1.807) is 26.8 Å². The van der Waals surface area contributed by atoms with Crippen LogP contribution in [0.5, 0.6) is 5.75 Å². The number of carbonyl (C=O) groups excluding carboxylic acids is 1. The van der Waals surface area contributed by atoms with Gasteiger partial charge in [-0.2, -0.15) is 4.31 Å². The number of amides is 1. The van der Waals surface area contributed by atoms with Crippen molar-refractivity contribution in [3.63, 3.8) is 0 Å². The zero-order valence-corrected chi connectivity index (χ0v) is 16.7. The van der Waals surface area contributed by atoms with Crippen molar-refractivity contribution < 1.29 is 17.9 Å². The number of benzene rings is 1. The first kappa shape index (κ1) is 23.6. The summed E-state index contributed by atoms with van der Waals surface area (Å²) in [6, 6.07) is 4.48. The highest BCUT2D eigenvalue weighted by molar-refractivity contribution is 7.89. The number of nitrogens with one attached hydrogen (secondary N) is 1. The number of nitrogens with zero attached hydrogens (tertiary/aromatic N) is 1. The van der Waals surface area contributed by atoms with Crippen LogP contribution in [-0.2, 0) is 14.8 Å². The number of anilines is 1. The number of sulfonamides is 1. The fourth-order valence-corrected chi connectivity index (χ4v) is 3.61. The van der Waals surface area contributed by atoms with Crippen molar-refractivity contribution in [2.24, 2.45) is 11.7 Å². The number of carbonyl (C=O) groups is 1. The molecule has 0 aromatic heterocycles. The summed E-state index contributed by atoms with van der Waals surface area (Å²) in [5, 5.41) is 2.71. The molecule has 1 amide bonds. The first-order chi connectivity index (χ1) is 11.3. The molecule has 0 spiro atoms. The highest BCUT2D eigenvalue weighted by Gasteiger charge is 2.23. The van der Waals surface area contributed by atoms with Gasteiger partial charge in [0.2, 0.25) is 15.9 Å². The topological polar surface area (TPSA) is 102 Å². The third-order valence-electron chi connectivity index (χ3n) is 3.65. The van der Waals surface area contributed by atoms with Gasteiger partial charge in [-0.1, -0.05) is 20.8 Å². The van der Waals surface area contributed by atoms with E-state index in [-0.39, 0.29) is 35.7 Å². The van der Waals surface area contributed by atoms with Gasteiger partial charge in [0.05, 0.1) is 17.2 Å². The van der Waals surface area contributed by atoms with E-state index in [1.807, 2.05) is 6.92 Å². The quantitative estimate of drug-likeness (QED) is 0.668. The van der Waals surface area contributed by atoms with E-state index in [1.165, 1.54) is 16.4 Å². The molecule has 0 aliphatic carbocycles. The van der Waals surface area contributed by atoms with Crippen LogP contribution in [0, 0.1) is 5.92 Å². The lowest BCUT2D eigenvalue weighted by Gasteiger charge is -2.20. The monoisotopic (exact) mass is 393 g/mol. The van der Waals surface area contributed by atoms with E-state index in [2.05, 4.69) is 5.32 Å². The zero-order chi connectivity index (χ0) is 18.3. The molecule has 1 aromatic carbocycles. The summed E-state index contributed by atoms with van der Waals surface area (Å²) in [7, 11) is -3.62. The second-order valence-corrected chi connectivity index (χ2v) is 7.24. The Morgan fingerprint density at radius 3 is 2.36 bits per heavy atom. The van der Waals surface area contributed by atoms with E-state index in [0.717, 1.165) is 0 Å². The van der Waals surface area contributed by atoms with E-state index in [0.29, 0.717) is 31.1 Å². The molecular formula is C16H28ClN3O4S. The molecule has 1 rings (SSSR count). The molecule has 0 aliphatic rings. The average molecular weight is 394 g/mol. The lowest BCUT2D eigenvalue weighted by atomic mass is 10.1. The summed E-state index contributed by atoms with van der Waals surface area (Å²) < 4.78 is 32.1. The Morgan fingerprint density at radius 2 is 1.88 bits per heavy atom. The van der Waals surface area contributed by atoms with E-state index in [4.69, 9.17) is 10.5 Å². The molecule has 0 heterocycles. The van der Waals surface area contributed by atoms with Crippen LogP contribution in [0.2, 0.25) is 0 Å². The van der Waals surface area contributed by atoms with E-state index >= 15 is 0 Å². The standard InChI is InChI=1S/C16H27N3O4S.ClH/c1-5-19(6-2)24(21,22)13-8-9-15(23-7-3)14(10-13)18-16(20)12(4)11-17;/h8-10,12H,5-7,11,17H2,1-4H3,(H,18,20);1H. The van der Waals surface area contributed by atoms with Crippen molar-refractivity contribution in [1.29, 1.82) is 0 Å². The molecule has 0 saturated carbocycles. The summed E-state index contributed by atoms with van der Waals surface area (Å²) in [6.07, 6.45) is 0. The summed E-state index contributed by atoms with van der Waals surface area (Å²) >= 11 is 0. The third kappa shape index (κ3) is 5.85. The van der Waals surface area contributed by atoms with Gasteiger partial charge in [-0.15, -0.1) is 12.4 Å². The molecule has 7 nitrogen and oxygen atoms in total. The molecule has 0 aliphatic heterocycles. The van der Waals surface area contributed by atoms with Crippen LogP contribution in [0.4, 0.5) is 5.69 Å². The Kier molecular flexibility index (Phi) is 10.0. The third-order valence-corrected chi connectivity index (χ3v) is 5.70. The van der Waals surface area contributed by atoms with Gasteiger partial charge < -0.3 is 15.8 Å². The maximum Gasteiger partial charge on any atom is 0.243 e. The normalized spacial score (nSPS) is 12.4. The van der Waals surface area contributed by atoms with Gasteiger partial charge >= 0.3 is 0 Å². The highest BCUT2D eigenvalue weighted by atomic mass is 35.5. The molecule has 1 atom stereocenters. The molecule has 144 valence electrons. The molecule has 0 saturated heterocycles. The number of rotatable bonds is 9. The van der Waals surface area contributed by atoms with Crippen LogP contribution < -0.4 is 15.8 Å². The highest BCUT2D eigenvalue weighted by Crippen LogP contribution is 2.29. The van der Waals surface area contributed by atoms with Gasteiger partial charge in [-0.3, -0.25) is 4.79 Å². The summed E-state index contributed by atoms with van der Waals surface area (Å²) in [5.74, 6) is -0.244. The molecule has 9 heteroatoms. The largest absolute Gasteiger partial charge is 0.492 e. The van der Waals surface area contributed by atoms with Gasteiger partial charge in [-0.05, 0) is 25.1 Å². The SMILES string of the molecule is CCOc1ccc(S(=O)(=O)N(CC)CC)cc1NC(=O)C(C)CN.Cl. The molecule has 0 radical (unpaired) electrons. The number of nitrogens with two attached hydrogens (primary N) is 1. The number of hydrogen-bond acceptors (Lipinski definition) is 5. The molecule has 1 aromatic rings. The van der Waals surface area contributed by atoms with Gasteiger partial charge in [0, 0.05) is 25.6 Å². The summed E-state index contributed by atoms with van der Waals surface area (Å²) in [4.78, 5) is 12.2. The minimum absolute atomic E-state index is 0. The number of hydrogen-bond donors (Lipinski definition) is 2. The van der Waals surface area contributed by atoms with Crippen LogP contribution in [-0.4, -0.2) is 44.9 Å². The Balaban J connectivity index is 0.00000576. The molecule has 25 heavy (non-hydrogen) atoms. The van der Waals surface area contributed by atoms with Gasteiger partial charge in [0.25, 0.3) is 0 Å². The molecule has 0 fully saturated rings. The predicted molar refractivity (Wildman–Crippen MR) is 102 cm³/mol. The Hall–Kier alpha value is -1.35. The Bertz CT molecular complexity index is 663. The summed E-state index contributed by atoms with van der Waals surface area (Å²) in [6.45, 7) is 8.42. The zero-order valence-electron chi connectivity index (χ0n) is 15.1. The minimum Gasteiger partial charge on any atom is -0.492 e. The molecule has 1 unspecified atom stereocenters. The maximum atomic E-state index is 12.6. The number of halogens is 1. The van der Waals surface area contributed by atoms with E-state index in [9.17, 15) is 13.2 Å². The minimum atomic E-state index is -3.62. The predicted octanol–water partition coefficient (Wildman–Crippen LogP) is 2.07. The summed E-state index contributed by atoms with van der Waals surface area (Å²) in [5.41, 5.74) is 5.83. The van der Waals surface area contributed by atoms with Crippen LogP contribution in [0.15, 0.2) is 23.1 Å². The average Bonchev–Trinajstić information content (AvgIpc) is 2.56. The first-order valence-electron chi connectivity index (χ1n) is 8.09. The maximum absolute atomic E-state index is 12.6. The van der Waals surface area contributed by atoms with Crippen LogP contribution >= 0.6 is 12.4 Å². The Morgan fingerprint density at radius 1 is 1.28 bits per heavy atom. The van der Waals surface area contributed by atoms with E-state index < -0.39 is 10.0 Å². The van der Waals surface area contributed by atoms with Crippen LogP contribution in [0.3, 0.4) is 0 Å². The molecule has 3 N–H and O–H groups in total. The second-order valence-electron chi connectivity index (χ2n) is 5.31. The fraction of sp³-hybridized carbons (Fsp3) is 0.562. The lowest BCUT2D eigenvalue weighted by Crippen LogP contribution is -2.31. The smallest absolute Gasteiger partial charge is 0.243 e. The van der Waals surface area contributed by atoms with Gasteiger partial charge in [-0.25, -0.2) is 8.42 Å². The van der Waals surface area contributed by atoms with Crippen molar-refractivity contribution >= 4 is 34.0 Å². The van der Waals surface area contributed by atoms with Crippen molar-refractivity contribution in [3.05, 3.63) is 18.2 Å². The van der Waals surface area contributed by atoms with Crippen molar-refractivity contribution in [2.75, 3.05) is 31.6 Å². The van der Waals surface area contributed by atoms with Crippen LogP contribution in [0.1, 0.15) is 27.7 Å². The number of ether oxygens (including phenoxy) is 1. The first-order valence-corrected chi connectivity index (χ1v) is 9.53. The van der Waals surface area contributed by atoms with Gasteiger partial charge in [0.15, 0.2) is 0 Å². The van der Waals surface area contributed by atoms with Crippen molar-refractivity contribution in [2.45, 2.75) is 32.6 Å². The van der Waals surface area contributed by atoms with Gasteiger partial charge in [0.1, 0.15) is 5.75 Å². The van der Waals surface area contributed by atoms with Crippen LogP contribution in [0.25, 0.3) is 0 Å². The molecular weight excluding hydrogens is 366 g/mol.